The lowest BCUT2D eigenvalue weighted by Gasteiger charge is -2.11. The molecule has 9 heteroatoms. The number of aromatic nitrogens is 1. The Balaban J connectivity index is 1.95. The van der Waals surface area contributed by atoms with Crippen molar-refractivity contribution >= 4 is 27.0 Å². The van der Waals surface area contributed by atoms with Crippen LogP contribution in [0.2, 0.25) is 0 Å². The summed E-state index contributed by atoms with van der Waals surface area (Å²) in [5.74, 6) is 1.52. The van der Waals surface area contributed by atoms with Crippen molar-refractivity contribution in [3.8, 4) is 22.1 Å². The van der Waals surface area contributed by atoms with Gasteiger partial charge in [-0.1, -0.05) is 5.16 Å². The van der Waals surface area contributed by atoms with Crippen molar-refractivity contribution in [1.29, 1.82) is 0 Å². The van der Waals surface area contributed by atoms with Gasteiger partial charge in [-0.15, -0.1) is 11.3 Å². The first kappa shape index (κ1) is 18.3. The summed E-state index contributed by atoms with van der Waals surface area (Å²) >= 11 is 1.33. The van der Waals surface area contributed by atoms with Gasteiger partial charge >= 0.3 is 0 Å². The zero-order valence-corrected chi connectivity index (χ0v) is 16.3. The summed E-state index contributed by atoms with van der Waals surface area (Å²) in [5, 5.41) is 3.84. The van der Waals surface area contributed by atoms with Crippen molar-refractivity contribution in [2.24, 2.45) is 0 Å². The van der Waals surface area contributed by atoms with Gasteiger partial charge in [0.25, 0.3) is 10.0 Å². The molecule has 0 amide bonds. The Morgan fingerprint density at radius 2 is 1.69 bits per heavy atom. The minimum Gasteiger partial charge on any atom is -0.497 e. The van der Waals surface area contributed by atoms with Crippen LogP contribution < -0.4 is 14.2 Å². The van der Waals surface area contributed by atoms with Crippen molar-refractivity contribution in [3.63, 3.8) is 0 Å². The second-order valence-corrected chi connectivity index (χ2v) is 8.48. The zero-order valence-electron chi connectivity index (χ0n) is 14.7. The van der Waals surface area contributed by atoms with E-state index in [2.05, 4.69) is 9.88 Å². The van der Waals surface area contributed by atoms with Crippen LogP contribution in [-0.2, 0) is 10.0 Å². The van der Waals surface area contributed by atoms with Crippen LogP contribution in [0.5, 0.6) is 11.5 Å². The first-order valence-electron chi connectivity index (χ1n) is 7.62. The Hall–Kier alpha value is -2.52. The van der Waals surface area contributed by atoms with E-state index in [1.54, 1.807) is 37.3 Å². The summed E-state index contributed by atoms with van der Waals surface area (Å²) in [7, 11) is -0.784. The molecule has 0 saturated carbocycles. The van der Waals surface area contributed by atoms with Crippen molar-refractivity contribution in [3.05, 3.63) is 40.9 Å². The molecule has 3 rings (SSSR count). The first-order chi connectivity index (χ1) is 12.3. The maximum absolute atomic E-state index is 12.8. The average molecular weight is 394 g/mol. The number of nitrogens with zero attached hydrogens (tertiary/aromatic N) is 1. The minimum atomic E-state index is -3.79. The summed E-state index contributed by atoms with van der Waals surface area (Å²) in [6, 6.07) is 8.19. The van der Waals surface area contributed by atoms with Gasteiger partial charge in [0.2, 0.25) is 0 Å². The number of nitrogens with one attached hydrogen (secondary N) is 1. The molecule has 3 aromatic rings. The van der Waals surface area contributed by atoms with Gasteiger partial charge in [0.05, 0.1) is 30.5 Å². The van der Waals surface area contributed by atoms with E-state index in [-0.39, 0.29) is 4.90 Å². The molecule has 0 saturated heterocycles. The van der Waals surface area contributed by atoms with Gasteiger partial charge in [-0.2, -0.15) is 0 Å². The maximum Gasteiger partial charge on any atom is 0.263 e. The van der Waals surface area contributed by atoms with Gasteiger partial charge in [0.15, 0.2) is 5.76 Å². The van der Waals surface area contributed by atoms with Crippen LogP contribution in [0.4, 0.5) is 5.69 Å². The van der Waals surface area contributed by atoms with Crippen LogP contribution in [0, 0.1) is 13.8 Å². The van der Waals surface area contributed by atoms with Gasteiger partial charge in [-0.05, 0) is 19.9 Å². The number of hydrogen-bond acceptors (Lipinski definition) is 7. The number of methoxy groups -OCH3 is 2. The summed E-state index contributed by atoms with van der Waals surface area (Å²) in [6.45, 7) is 3.56. The van der Waals surface area contributed by atoms with Crippen molar-refractivity contribution in [2.75, 3.05) is 18.9 Å². The molecule has 1 aromatic carbocycles. The highest BCUT2D eigenvalue weighted by molar-refractivity contribution is 7.93. The number of ether oxygens (including phenoxy) is 2. The molecule has 0 fully saturated rings. The third-order valence-corrected chi connectivity index (χ3v) is 6.34. The molecule has 7 nitrogen and oxygen atoms in total. The van der Waals surface area contributed by atoms with Crippen LogP contribution >= 0.6 is 11.3 Å². The van der Waals surface area contributed by atoms with Crippen LogP contribution in [0.15, 0.2) is 39.8 Å². The van der Waals surface area contributed by atoms with Gasteiger partial charge < -0.3 is 14.0 Å². The minimum absolute atomic E-state index is 0.188. The number of sulfonamides is 1. The fourth-order valence-corrected chi connectivity index (χ4v) is 4.99. The molecule has 0 bridgehead atoms. The summed E-state index contributed by atoms with van der Waals surface area (Å²) in [5.41, 5.74) is 1.08. The van der Waals surface area contributed by atoms with Gasteiger partial charge in [0.1, 0.15) is 16.4 Å². The van der Waals surface area contributed by atoms with E-state index in [4.69, 9.17) is 14.0 Å². The fraction of sp³-hybridized carbons (Fsp3) is 0.235. The van der Waals surface area contributed by atoms with Crippen molar-refractivity contribution in [2.45, 2.75) is 18.7 Å². The number of benzene rings is 1. The number of anilines is 1. The number of thiophene rings is 1. The molecule has 26 heavy (non-hydrogen) atoms. The van der Waals surface area contributed by atoms with Gasteiger partial charge in [0, 0.05) is 29.1 Å². The van der Waals surface area contributed by atoms with E-state index in [1.165, 1.54) is 25.6 Å². The van der Waals surface area contributed by atoms with Gasteiger partial charge in [-0.3, -0.25) is 4.72 Å². The highest BCUT2D eigenvalue weighted by Crippen LogP contribution is 2.35. The highest BCUT2D eigenvalue weighted by atomic mass is 32.2. The molecule has 0 spiro atoms. The molecule has 0 aliphatic rings. The predicted molar refractivity (Wildman–Crippen MR) is 99.6 cm³/mol. The van der Waals surface area contributed by atoms with Crippen LogP contribution in [-0.4, -0.2) is 27.8 Å². The molecule has 1 N–H and O–H groups in total. The van der Waals surface area contributed by atoms with Crippen LogP contribution in [0.3, 0.4) is 0 Å². The lowest BCUT2D eigenvalue weighted by atomic mass is 10.3. The Morgan fingerprint density at radius 3 is 2.23 bits per heavy atom. The molecule has 2 aromatic heterocycles. The fourth-order valence-electron chi connectivity index (χ4n) is 2.41. The zero-order chi connectivity index (χ0) is 18.9. The first-order valence-corrected chi connectivity index (χ1v) is 9.92. The highest BCUT2D eigenvalue weighted by Gasteiger charge is 2.22. The molecule has 0 radical (unpaired) electrons. The lowest BCUT2D eigenvalue weighted by molar-refractivity contribution is 0.395. The monoisotopic (exact) mass is 394 g/mol. The maximum atomic E-state index is 12.8. The standard InChI is InChI=1S/C17H18N2O5S2/c1-10-5-15(24-18-10)16-9-17(11(2)25-16)26(20,21)19-12-6-13(22-3)8-14(7-12)23-4/h5-9,19H,1-4H3. The summed E-state index contributed by atoms with van der Waals surface area (Å²) < 4.78 is 43.8. The molecule has 0 aliphatic heterocycles. The molecule has 0 aliphatic carbocycles. The van der Waals surface area contributed by atoms with Gasteiger partial charge in [-0.25, -0.2) is 8.42 Å². The number of hydrogen-bond donors (Lipinski definition) is 1. The number of rotatable bonds is 6. The molecular weight excluding hydrogens is 376 g/mol. The van der Waals surface area contributed by atoms with Crippen LogP contribution in [0.1, 0.15) is 10.6 Å². The van der Waals surface area contributed by atoms with E-state index in [9.17, 15) is 8.42 Å². The van der Waals surface area contributed by atoms with E-state index >= 15 is 0 Å². The normalized spacial score (nSPS) is 11.4. The molecular formula is C17H18N2O5S2. The smallest absolute Gasteiger partial charge is 0.263 e. The molecule has 138 valence electrons. The van der Waals surface area contributed by atoms with E-state index in [0.29, 0.717) is 32.7 Å². The SMILES string of the molecule is COc1cc(NS(=O)(=O)c2cc(-c3cc(C)no3)sc2C)cc(OC)c1. The lowest BCUT2D eigenvalue weighted by Crippen LogP contribution is -2.13. The summed E-state index contributed by atoms with van der Waals surface area (Å²) in [6.07, 6.45) is 0. The topological polar surface area (TPSA) is 90.7 Å². The van der Waals surface area contributed by atoms with E-state index in [0.717, 1.165) is 5.69 Å². The Bertz CT molecular complexity index is 1020. The van der Waals surface area contributed by atoms with Crippen molar-refractivity contribution in [1.82, 2.24) is 5.16 Å². The quantitative estimate of drug-likeness (QED) is 0.683. The Labute approximate surface area is 155 Å². The van der Waals surface area contributed by atoms with E-state index in [1.807, 2.05) is 6.92 Å². The van der Waals surface area contributed by atoms with Crippen LogP contribution in [0.25, 0.3) is 10.6 Å². The average Bonchev–Trinajstić information content (AvgIpc) is 3.20. The largest absolute Gasteiger partial charge is 0.497 e. The third kappa shape index (κ3) is 3.68. The second-order valence-electron chi connectivity index (χ2n) is 5.57. The second kappa shape index (κ2) is 7.00. The molecule has 0 unspecified atom stereocenters. The van der Waals surface area contributed by atoms with Crippen molar-refractivity contribution < 1.29 is 22.4 Å². The number of aryl methyl sites for hydroxylation is 2. The summed E-state index contributed by atoms with van der Waals surface area (Å²) in [4.78, 5) is 1.54. The predicted octanol–water partition coefficient (Wildman–Crippen LogP) is 3.84. The van der Waals surface area contributed by atoms with E-state index < -0.39 is 10.0 Å². The third-order valence-electron chi connectivity index (χ3n) is 3.64. The molecule has 0 atom stereocenters. The molecule has 2 heterocycles. The Morgan fingerprint density at radius 1 is 1.04 bits per heavy atom. The Kier molecular flexibility index (Phi) is 4.92.